The Morgan fingerprint density at radius 2 is 1.33 bits per heavy atom. The van der Waals surface area contributed by atoms with Gasteiger partial charge in [-0.25, -0.2) is 0 Å². The molecule has 0 amide bonds. The summed E-state index contributed by atoms with van der Waals surface area (Å²) in [7, 11) is 0. The van der Waals surface area contributed by atoms with Crippen LogP contribution in [-0.2, 0) is 38.7 Å². The van der Waals surface area contributed by atoms with E-state index in [4.69, 9.17) is 18.9 Å². The number of benzene rings is 3. The number of hydrogen-bond donors (Lipinski definition) is 0. The zero-order valence-electron chi connectivity index (χ0n) is 22.8. The highest BCUT2D eigenvalue weighted by molar-refractivity contribution is 5.16. The maximum atomic E-state index is 6.88. The highest BCUT2D eigenvalue weighted by Crippen LogP contribution is 2.44. The van der Waals surface area contributed by atoms with E-state index in [1.807, 2.05) is 12.1 Å². The van der Waals surface area contributed by atoms with Crippen LogP contribution < -0.4 is 0 Å². The van der Waals surface area contributed by atoms with E-state index in [9.17, 15) is 0 Å². The van der Waals surface area contributed by atoms with E-state index < -0.39 is 5.79 Å². The topological polar surface area (TPSA) is 40.2 Å². The lowest BCUT2D eigenvalue weighted by Crippen LogP contribution is -2.43. The Morgan fingerprint density at radius 1 is 0.718 bits per heavy atom. The van der Waals surface area contributed by atoms with Crippen LogP contribution in [0.25, 0.3) is 0 Å². The number of fused-ring (bicyclic) bond motifs is 1. The average Bonchev–Trinajstić information content (AvgIpc) is 3.26. The molecule has 3 aromatic carbocycles. The molecule has 5 heteroatoms. The molecule has 0 aromatic heterocycles. The molecule has 39 heavy (non-hydrogen) atoms. The molecule has 0 N–H and O–H groups in total. The molecule has 3 fully saturated rings. The van der Waals surface area contributed by atoms with E-state index in [1.54, 1.807) is 0 Å². The van der Waals surface area contributed by atoms with Crippen LogP contribution in [0.3, 0.4) is 0 Å². The van der Waals surface area contributed by atoms with Crippen molar-refractivity contribution in [3.05, 3.63) is 108 Å². The number of rotatable bonds is 9. The Bertz CT molecular complexity index is 1140. The molecular formula is C34H41NO4. The van der Waals surface area contributed by atoms with Gasteiger partial charge in [0.1, 0.15) is 12.2 Å². The van der Waals surface area contributed by atoms with Crippen molar-refractivity contribution < 1.29 is 18.9 Å². The van der Waals surface area contributed by atoms with Gasteiger partial charge in [-0.15, -0.1) is 0 Å². The SMILES string of the molecule is c1ccc(COC[C@@H]2C[C@@H](OCc3ccccc3)[C@@H]3OC4(CCCCC4)O[C@@H]3CN2Cc2ccccc2)cc1. The normalized spacial score (nSPS) is 26.8. The van der Waals surface area contributed by atoms with E-state index in [0.717, 1.165) is 32.4 Å². The summed E-state index contributed by atoms with van der Waals surface area (Å²) in [5.41, 5.74) is 3.68. The minimum absolute atomic E-state index is 0.0216. The molecule has 2 heterocycles. The number of nitrogens with zero attached hydrogens (tertiary/aromatic N) is 1. The van der Waals surface area contributed by atoms with Crippen LogP contribution in [0.2, 0.25) is 0 Å². The van der Waals surface area contributed by atoms with E-state index >= 15 is 0 Å². The van der Waals surface area contributed by atoms with Gasteiger partial charge < -0.3 is 18.9 Å². The van der Waals surface area contributed by atoms with Gasteiger partial charge in [0, 0.05) is 32.0 Å². The van der Waals surface area contributed by atoms with Gasteiger partial charge in [0.15, 0.2) is 5.79 Å². The largest absolute Gasteiger partial charge is 0.375 e. The fraction of sp³-hybridized carbons (Fsp3) is 0.471. The predicted octanol–water partition coefficient (Wildman–Crippen LogP) is 6.51. The van der Waals surface area contributed by atoms with Crippen molar-refractivity contribution in [2.75, 3.05) is 13.2 Å². The summed E-state index contributed by atoms with van der Waals surface area (Å²) in [6.07, 6.45) is 6.23. The minimum Gasteiger partial charge on any atom is -0.375 e. The predicted molar refractivity (Wildman–Crippen MR) is 152 cm³/mol. The van der Waals surface area contributed by atoms with E-state index in [2.05, 4.69) is 83.8 Å². The Balaban J connectivity index is 1.24. The molecule has 3 aromatic rings. The zero-order valence-corrected chi connectivity index (χ0v) is 22.8. The van der Waals surface area contributed by atoms with Crippen molar-refractivity contribution in [2.24, 2.45) is 0 Å². The van der Waals surface area contributed by atoms with Gasteiger partial charge in [0.25, 0.3) is 0 Å². The van der Waals surface area contributed by atoms with Gasteiger partial charge >= 0.3 is 0 Å². The second-order valence-corrected chi connectivity index (χ2v) is 11.4. The van der Waals surface area contributed by atoms with Crippen LogP contribution in [0, 0.1) is 0 Å². The smallest absolute Gasteiger partial charge is 0.169 e. The maximum absolute atomic E-state index is 6.88. The summed E-state index contributed by atoms with van der Waals surface area (Å²) < 4.78 is 26.8. The minimum atomic E-state index is -0.447. The van der Waals surface area contributed by atoms with E-state index in [-0.39, 0.29) is 24.4 Å². The van der Waals surface area contributed by atoms with Crippen molar-refractivity contribution in [3.8, 4) is 0 Å². The highest BCUT2D eigenvalue weighted by atomic mass is 16.8. The third-order valence-corrected chi connectivity index (χ3v) is 8.46. The summed E-state index contributed by atoms with van der Waals surface area (Å²) in [6, 6.07) is 31.8. The molecule has 5 nitrogen and oxygen atoms in total. The van der Waals surface area contributed by atoms with Gasteiger partial charge in [-0.3, -0.25) is 4.90 Å². The van der Waals surface area contributed by atoms with Crippen molar-refractivity contribution in [1.82, 2.24) is 4.90 Å². The number of ether oxygens (including phenoxy) is 4. The van der Waals surface area contributed by atoms with Crippen LogP contribution in [0.5, 0.6) is 0 Å². The monoisotopic (exact) mass is 527 g/mol. The summed E-state index contributed by atoms with van der Waals surface area (Å²) in [5.74, 6) is -0.447. The lowest BCUT2D eigenvalue weighted by atomic mass is 9.94. The fourth-order valence-electron chi connectivity index (χ4n) is 6.42. The Kier molecular flexibility index (Phi) is 8.72. The first-order valence-electron chi connectivity index (χ1n) is 14.7. The quantitative estimate of drug-likeness (QED) is 0.317. The van der Waals surface area contributed by atoms with Crippen LogP contribution in [-0.4, -0.2) is 48.2 Å². The lowest BCUT2D eigenvalue weighted by molar-refractivity contribution is -0.207. The van der Waals surface area contributed by atoms with Crippen LogP contribution >= 0.6 is 0 Å². The maximum Gasteiger partial charge on any atom is 0.169 e. The molecular weight excluding hydrogens is 486 g/mol. The molecule has 1 saturated carbocycles. The van der Waals surface area contributed by atoms with Gasteiger partial charge in [-0.1, -0.05) is 97.4 Å². The lowest BCUT2D eigenvalue weighted by Gasteiger charge is -2.35. The Morgan fingerprint density at radius 3 is 2.00 bits per heavy atom. The van der Waals surface area contributed by atoms with Gasteiger partial charge in [-0.05, 0) is 36.0 Å². The molecule has 1 spiro atoms. The van der Waals surface area contributed by atoms with Crippen molar-refractivity contribution in [2.45, 2.75) is 88.4 Å². The number of likely N-dealkylation sites (tertiary alicyclic amines) is 1. The molecule has 2 saturated heterocycles. The van der Waals surface area contributed by atoms with Crippen LogP contribution in [0.4, 0.5) is 0 Å². The molecule has 206 valence electrons. The number of hydrogen-bond acceptors (Lipinski definition) is 5. The Hall–Kier alpha value is -2.54. The summed E-state index contributed by atoms with van der Waals surface area (Å²) in [6.45, 7) is 3.48. The third kappa shape index (κ3) is 6.79. The van der Waals surface area contributed by atoms with E-state index in [0.29, 0.717) is 19.8 Å². The van der Waals surface area contributed by atoms with Crippen LogP contribution in [0.1, 0.15) is 55.2 Å². The second kappa shape index (κ2) is 12.8. The third-order valence-electron chi connectivity index (χ3n) is 8.46. The molecule has 0 radical (unpaired) electrons. The average molecular weight is 528 g/mol. The van der Waals surface area contributed by atoms with Gasteiger partial charge in [0.2, 0.25) is 0 Å². The summed E-state index contributed by atoms with van der Waals surface area (Å²) >= 11 is 0. The molecule has 0 unspecified atom stereocenters. The zero-order chi connectivity index (χ0) is 26.3. The molecule has 2 aliphatic heterocycles. The van der Waals surface area contributed by atoms with Crippen molar-refractivity contribution in [3.63, 3.8) is 0 Å². The fourth-order valence-corrected chi connectivity index (χ4v) is 6.42. The van der Waals surface area contributed by atoms with E-state index in [1.165, 1.54) is 36.0 Å². The van der Waals surface area contributed by atoms with Gasteiger partial charge in [0.05, 0.1) is 25.9 Å². The molecule has 0 bridgehead atoms. The van der Waals surface area contributed by atoms with Crippen molar-refractivity contribution in [1.29, 1.82) is 0 Å². The first-order chi connectivity index (χ1) is 19.3. The standard InChI is InChI=1S/C34H41NO4/c1-5-13-27(14-6-1)22-35-23-32-33(39-34(38-32)19-11-4-12-20-34)31(37-25-29-17-9-3-10-18-29)21-30(35)26-36-24-28-15-7-2-8-16-28/h1-3,5-10,13-18,30-33H,4,11-12,19-26H2/t30-,31+,32+,33-/m0/s1. The first kappa shape index (κ1) is 26.7. The van der Waals surface area contributed by atoms with Crippen molar-refractivity contribution >= 4 is 0 Å². The first-order valence-corrected chi connectivity index (χ1v) is 14.7. The van der Waals surface area contributed by atoms with Gasteiger partial charge in [-0.2, -0.15) is 0 Å². The molecule has 6 rings (SSSR count). The highest BCUT2D eigenvalue weighted by Gasteiger charge is 2.53. The summed E-state index contributed by atoms with van der Waals surface area (Å²) in [5, 5.41) is 0. The second-order valence-electron chi connectivity index (χ2n) is 11.4. The molecule has 4 atom stereocenters. The molecule has 3 aliphatic rings. The molecule has 1 aliphatic carbocycles. The Labute approximate surface area is 233 Å². The summed E-state index contributed by atoms with van der Waals surface area (Å²) in [4.78, 5) is 2.55. The van der Waals surface area contributed by atoms with Crippen LogP contribution in [0.15, 0.2) is 91.0 Å².